The Balaban J connectivity index is 1.89. The normalized spacial score (nSPS) is 31.1. The summed E-state index contributed by atoms with van der Waals surface area (Å²) in [7, 11) is 0. The van der Waals surface area contributed by atoms with Crippen molar-refractivity contribution in [2.45, 2.75) is 37.8 Å². The number of benzene rings is 1. The van der Waals surface area contributed by atoms with E-state index in [1.165, 1.54) is 15.6 Å². The van der Waals surface area contributed by atoms with E-state index in [-0.39, 0.29) is 5.54 Å². The fraction of sp³-hybridized carbons (Fsp3) is 0.625. The molecule has 1 aromatic rings. The minimum Gasteiger partial charge on any atom is -0.379 e. The maximum atomic E-state index is 6.23. The number of fused-ring (bicyclic) bond motifs is 1. The molecule has 1 aliphatic carbocycles. The lowest BCUT2D eigenvalue weighted by atomic mass is 9.76. The highest BCUT2D eigenvalue weighted by molar-refractivity contribution is 9.10. The van der Waals surface area contributed by atoms with Gasteiger partial charge in [0.2, 0.25) is 0 Å². The molecule has 3 nitrogen and oxygen atoms in total. The van der Waals surface area contributed by atoms with Crippen LogP contribution in [-0.4, -0.2) is 42.8 Å². The Bertz CT molecular complexity index is 493. The first-order valence-electron chi connectivity index (χ1n) is 7.46. The van der Waals surface area contributed by atoms with Crippen LogP contribution in [0.15, 0.2) is 22.7 Å². The summed E-state index contributed by atoms with van der Waals surface area (Å²) in [6.07, 6.45) is 3.34. The smallest absolute Gasteiger partial charge is 0.0620 e. The largest absolute Gasteiger partial charge is 0.379 e. The van der Waals surface area contributed by atoms with Crippen molar-refractivity contribution in [1.29, 1.82) is 0 Å². The van der Waals surface area contributed by atoms with Crippen LogP contribution in [0, 0.1) is 0 Å². The molecule has 2 N–H and O–H groups in total. The fourth-order valence-electron chi connectivity index (χ4n) is 3.78. The maximum Gasteiger partial charge on any atom is 0.0620 e. The molecule has 1 saturated heterocycles. The van der Waals surface area contributed by atoms with Crippen molar-refractivity contribution in [3.8, 4) is 0 Å². The molecule has 0 amide bonds. The molecule has 2 atom stereocenters. The van der Waals surface area contributed by atoms with E-state index >= 15 is 0 Å². The van der Waals surface area contributed by atoms with Crippen LogP contribution < -0.4 is 5.73 Å². The van der Waals surface area contributed by atoms with Gasteiger partial charge in [-0.25, -0.2) is 0 Å². The van der Waals surface area contributed by atoms with Gasteiger partial charge in [0.15, 0.2) is 0 Å². The van der Waals surface area contributed by atoms with Gasteiger partial charge in [-0.15, -0.1) is 0 Å². The second kappa shape index (κ2) is 5.76. The number of ether oxygens (including phenoxy) is 1. The van der Waals surface area contributed by atoms with Crippen molar-refractivity contribution in [2.75, 3.05) is 26.3 Å². The minimum atomic E-state index is 0.115. The first-order valence-corrected chi connectivity index (χ1v) is 8.26. The molecule has 0 bridgehead atoms. The molecule has 1 aromatic carbocycles. The summed E-state index contributed by atoms with van der Waals surface area (Å²) in [6, 6.07) is 7.13. The number of hydrogen-bond acceptors (Lipinski definition) is 3. The van der Waals surface area contributed by atoms with E-state index in [0.29, 0.717) is 6.04 Å². The van der Waals surface area contributed by atoms with Crippen LogP contribution in [0.5, 0.6) is 0 Å². The monoisotopic (exact) mass is 338 g/mol. The van der Waals surface area contributed by atoms with Gasteiger partial charge in [-0.05, 0) is 49.4 Å². The molecule has 4 heteroatoms. The van der Waals surface area contributed by atoms with E-state index in [0.717, 1.165) is 45.6 Å². The average molecular weight is 339 g/mol. The SMILES string of the molecule is CC1COCCN1C1(CN)CCc2cc(Br)ccc2C1. The topological polar surface area (TPSA) is 38.5 Å². The summed E-state index contributed by atoms with van der Waals surface area (Å²) >= 11 is 3.57. The summed E-state index contributed by atoms with van der Waals surface area (Å²) in [6.45, 7) is 5.65. The Morgan fingerprint density at radius 3 is 3.05 bits per heavy atom. The molecule has 0 aromatic heterocycles. The lowest BCUT2D eigenvalue weighted by molar-refractivity contribution is -0.0611. The van der Waals surface area contributed by atoms with Crippen molar-refractivity contribution < 1.29 is 4.74 Å². The van der Waals surface area contributed by atoms with E-state index in [1.54, 1.807) is 0 Å². The molecule has 2 aliphatic rings. The highest BCUT2D eigenvalue weighted by atomic mass is 79.9. The van der Waals surface area contributed by atoms with Gasteiger partial charge >= 0.3 is 0 Å². The molecule has 1 heterocycles. The van der Waals surface area contributed by atoms with E-state index in [2.05, 4.69) is 46.0 Å². The quantitative estimate of drug-likeness (QED) is 0.899. The molecule has 3 rings (SSSR count). The fourth-order valence-corrected chi connectivity index (χ4v) is 4.19. The minimum absolute atomic E-state index is 0.115. The summed E-state index contributed by atoms with van der Waals surface area (Å²) in [5, 5.41) is 0. The molecule has 0 spiro atoms. The van der Waals surface area contributed by atoms with Gasteiger partial charge < -0.3 is 10.5 Å². The van der Waals surface area contributed by atoms with Crippen LogP contribution in [0.1, 0.15) is 24.5 Å². The molecule has 1 aliphatic heterocycles. The van der Waals surface area contributed by atoms with Crippen molar-refractivity contribution in [3.05, 3.63) is 33.8 Å². The Kier molecular flexibility index (Phi) is 4.18. The van der Waals surface area contributed by atoms with Crippen LogP contribution in [-0.2, 0) is 17.6 Å². The first-order chi connectivity index (χ1) is 9.64. The number of rotatable bonds is 2. The van der Waals surface area contributed by atoms with E-state index < -0.39 is 0 Å². The molecule has 2 unspecified atom stereocenters. The number of halogens is 1. The molecule has 0 saturated carbocycles. The van der Waals surface area contributed by atoms with Crippen LogP contribution in [0.2, 0.25) is 0 Å². The number of hydrogen-bond donors (Lipinski definition) is 1. The summed E-state index contributed by atoms with van der Waals surface area (Å²) in [4.78, 5) is 2.60. The third-order valence-electron chi connectivity index (χ3n) is 4.90. The van der Waals surface area contributed by atoms with Crippen LogP contribution >= 0.6 is 15.9 Å². The van der Waals surface area contributed by atoms with E-state index in [4.69, 9.17) is 10.5 Å². The summed E-state index contributed by atoms with van der Waals surface area (Å²) < 4.78 is 6.77. The lowest BCUT2D eigenvalue weighted by Crippen LogP contribution is -2.63. The Morgan fingerprint density at radius 1 is 1.45 bits per heavy atom. The standard InChI is InChI=1S/C16H23BrN2O/c1-12-10-20-7-6-19(12)16(11-18)5-4-13-8-15(17)3-2-14(13)9-16/h2-3,8,12H,4-7,9-11,18H2,1H3. The van der Waals surface area contributed by atoms with Crippen LogP contribution in [0.3, 0.4) is 0 Å². The Morgan fingerprint density at radius 2 is 2.30 bits per heavy atom. The van der Waals surface area contributed by atoms with Gasteiger partial charge in [-0.2, -0.15) is 0 Å². The molecular formula is C16H23BrN2O. The summed E-state index contributed by atoms with van der Waals surface area (Å²) in [5.41, 5.74) is 9.28. The zero-order valence-corrected chi connectivity index (χ0v) is 13.7. The van der Waals surface area contributed by atoms with Crippen molar-refractivity contribution in [3.63, 3.8) is 0 Å². The van der Waals surface area contributed by atoms with Crippen molar-refractivity contribution in [2.24, 2.45) is 5.73 Å². The highest BCUT2D eigenvalue weighted by Gasteiger charge is 2.41. The molecular weight excluding hydrogens is 316 g/mol. The van der Waals surface area contributed by atoms with Gasteiger partial charge in [0.05, 0.1) is 13.2 Å². The highest BCUT2D eigenvalue weighted by Crippen LogP contribution is 2.35. The van der Waals surface area contributed by atoms with Gasteiger partial charge in [0.1, 0.15) is 0 Å². The van der Waals surface area contributed by atoms with E-state index in [9.17, 15) is 0 Å². The van der Waals surface area contributed by atoms with Gasteiger partial charge in [-0.3, -0.25) is 4.90 Å². The molecule has 1 fully saturated rings. The third-order valence-corrected chi connectivity index (χ3v) is 5.40. The average Bonchev–Trinajstić information content (AvgIpc) is 2.47. The number of morpholine rings is 1. The summed E-state index contributed by atoms with van der Waals surface area (Å²) in [5.74, 6) is 0. The number of aryl methyl sites for hydroxylation is 1. The maximum absolute atomic E-state index is 6.23. The number of nitrogens with two attached hydrogens (primary N) is 1. The third kappa shape index (κ3) is 2.54. The number of nitrogens with zero attached hydrogens (tertiary/aromatic N) is 1. The van der Waals surface area contributed by atoms with E-state index in [1.807, 2.05) is 0 Å². The van der Waals surface area contributed by atoms with Gasteiger partial charge in [-0.1, -0.05) is 22.0 Å². The zero-order chi connectivity index (χ0) is 14.2. The Hall–Kier alpha value is -0.420. The van der Waals surface area contributed by atoms with Gasteiger partial charge in [0.25, 0.3) is 0 Å². The molecule has 110 valence electrons. The first kappa shape index (κ1) is 14.5. The Labute approximate surface area is 129 Å². The van der Waals surface area contributed by atoms with Crippen molar-refractivity contribution >= 4 is 15.9 Å². The van der Waals surface area contributed by atoms with Gasteiger partial charge in [0, 0.05) is 29.1 Å². The molecule has 0 radical (unpaired) electrons. The van der Waals surface area contributed by atoms with Crippen LogP contribution in [0.4, 0.5) is 0 Å². The predicted octanol–water partition coefficient (Wildman–Crippen LogP) is 2.36. The zero-order valence-electron chi connectivity index (χ0n) is 12.1. The predicted molar refractivity (Wildman–Crippen MR) is 84.9 cm³/mol. The van der Waals surface area contributed by atoms with Crippen LogP contribution in [0.25, 0.3) is 0 Å². The van der Waals surface area contributed by atoms with Crippen molar-refractivity contribution in [1.82, 2.24) is 4.90 Å². The second-order valence-corrected chi connectivity index (χ2v) is 7.05. The molecule has 20 heavy (non-hydrogen) atoms. The second-order valence-electron chi connectivity index (χ2n) is 6.14. The lowest BCUT2D eigenvalue weighted by Gasteiger charge is -2.50.